The summed E-state index contributed by atoms with van der Waals surface area (Å²) < 4.78 is 22.7. The number of ether oxygens (including phenoxy) is 1. The number of carboxylic acids is 1. The number of amides is 1. The number of carbonyl (C=O) groups excluding carboxylic acids is 1. The lowest BCUT2D eigenvalue weighted by Crippen LogP contribution is -2.24. The van der Waals surface area contributed by atoms with Crippen LogP contribution in [0.2, 0.25) is 0 Å². The fraction of sp³-hybridized carbons (Fsp3) is 0.269. The summed E-state index contributed by atoms with van der Waals surface area (Å²) in [6, 6.07) is 11.3. The molecule has 0 atom stereocenters. The van der Waals surface area contributed by atoms with Crippen molar-refractivity contribution in [1.29, 1.82) is 0 Å². The van der Waals surface area contributed by atoms with E-state index in [-0.39, 0.29) is 12.3 Å². The molecule has 0 aromatic carbocycles. The number of aryl methyl sites for hydroxylation is 2. The number of hydrogen-bond donors (Lipinski definition) is 2. The zero-order valence-electron chi connectivity index (χ0n) is 20.5. The van der Waals surface area contributed by atoms with Crippen molar-refractivity contribution in [2.45, 2.75) is 39.2 Å². The molecule has 0 radical (unpaired) electrons. The molecule has 2 N–H and O–H groups in total. The lowest BCUT2D eigenvalue weighted by Gasteiger charge is -2.17. The molecule has 4 aromatic rings. The summed E-state index contributed by atoms with van der Waals surface area (Å²) in [5.74, 6) is 0.460. The average Bonchev–Trinajstić information content (AvgIpc) is 3.50. The van der Waals surface area contributed by atoms with Crippen LogP contribution in [0.5, 0.6) is 11.5 Å². The number of carboxylic acid groups (broad SMARTS) is 1. The lowest BCUT2D eigenvalue weighted by molar-refractivity contribution is -0.137. The van der Waals surface area contributed by atoms with E-state index in [0.717, 1.165) is 34.5 Å². The number of carbonyl (C=O) groups is 2. The second-order valence-electron chi connectivity index (χ2n) is 8.72. The van der Waals surface area contributed by atoms with E-state index in [9.17, 15) is 9.59 Å². The first-order chi connectivity index (χ1) is 18.4. The minimum atomic E-state index is -0.832. The smallest absolute Gasteiger partial charge is 0.335 e. The molecule has 12 heteroatoms. The van der Waals surface area contributed by atoms with Gasteiger partial charge in [0.15, 0.2) is 5.75 Å². The van der Waals surface area contributed by atoms with Crippen molar-refractivity contribution in [3.05, 3.63) is 65.7 Å². The number of H-pyrrole nitrogens is 1. The molecule has 0 spiro atoms. The number of rotatable bonds is 8. The largest absolute Gasteiger partial charge is 0.481 e. The fourth-order valence-electron chi connectivity index (χ4n) is 4.09. The molecule has 4 aromatic heterocycles. The molecule has 1 fully saturated rings. The van der Waals surface area contributed by atoms with E-state index in [4.69, 9.17) is 23.2 Å². The van der Waals surface area contributed by atoms with Gasteiger partial charge in [-0.3, -0.25) is 19.6 Å². The summed E-state index contributed by atoms with van der Waals surface area (Å²) in [6.07, 6.45) is 5.27. The number of aromatic amines is 1. The van der Waals surface area contributed by atoms with Crippen LogP contribution in [-0.2, 0) is 34.1 Å². The minimum Gasteiger partial charge on any atom is -0.481 e. The number of aliphatic carboxylic acids is 1. The Morgan fingerprint density at radius 2 is 1.97 bits per heavy atom. The first-order valence-electron chi connectivity index (χ1n) is 11.9. The number of likely N-dealkylation sites (tertiary alicyclic amines) is 1. The van der Waals surface area contributed by atoms with Gasteiger partial charge in [-0.25, -0.2) is 4.98 Å². The highest BCUT2D eigenvalue weighted by Crippen LogP contribution is 2.31. The third-order valence-electron chi connectivity index (χ3n) is 6.00. The van der Waals surface area contributed by atoms with Gasteiger partial charge in [-0.1, -0.05) is 6.07 Å². The van der Waals surface area contributed by atoms with Crippen molar-refractivity contribution in [2.24, 2.45) is 0 Å². The highest BCUT2D eigenvalue weighted by atomic mass is 32.1. The normalized spacial score (nSPS) is 12.8. The Bertz CT molecular complexity index is 1480. The van der Waals surface area contributed by atoms with Crippen LogP contribution in [0.4, 0.5) is 0 Å². The number of nitrogens with zero attached hydrogens (tertiary/aromatic N) is 4. The zero-order valence-corrected chi connectivity index (χ0v) is 21.4. The zero-order chi connectivity index (χ0) is 27.1. The Balaban J connectivity index is 0.00000107. The van der Waals surface area contributed by atoms with Crippen molar-refractivity contribution in [1.82, 2.24) is 24.8 Å². The summed E-state index contributed by atoms with van der Waals surface area (Å²) >= 11 is -0.750. The number of aromatic nitrogens is 4. The third kappa shape index (κ3) is 6.65. The molecule has 196 valence electrons. The Kier molecular flexibility index (Phi) is 8.54. The molecule has 38 heavy (non-hydrogen) atoms. The molecule has 1 aliphatic heterocycles. The fourth-order valence-corrected chi connectivity index (χ4v) is 4.09. The maximum atomic E-state index is 12.2. The molecular formula is C26H25N5O6S. The van der Waals surface area contributed by atoms with Crippen molar-refractivity contribution < 1.29 is 27.9 Å². The topological polar surface area (TPSA) is 155 Å². The van der Waals surface area contributed by atoms with Gasteiger partial charge in [0.05, 0.1) is 24.1 Å². The summed E-state index contributed by atoms with van der Waals surface area (Å²) in [4.78, 5) is 41.8. The maximum Gasteiger partial charge on any atom is 0.335 e. The van der Waals surface area contributed by atoms with E-state index in [0.29, 0.717) is 48.8 Å². The summed E-state index contributed by atoms with van der Waals surface area (Å²) in [6.45, 7) is 2.99. The van der Waals surface area contributed by atoms with Crippen molar-refractivity contribution in [3.8, 4) is 22.9 Å². The van der Waals surface area contributed by atoms with Crippen LogP contribution in [0.1, 0.15) is 36.2 Å². The first-order valence-corrected chi connectivity index (χ1v) is 12.5. The van der Waals surface area contributed by atoms with Crippen LogP contribution in [-0.4, -0.2) is 56.8 Å². The standard InChI is InChI=1S/C26H25N5O4.O2S/c1-16-4-7-19(14-27-16)35-23-12-18-11-21(20-8-5-17(13-28-20)6-9-25(33)34)29-26(18)30-22(23)15-31-10-2-3-24(31)32;1-3-2/h4-5,7-8,11-14H,2-3,6,9-10,15H2,1H3,(H,29,30)(H,33,34);. The molecule has 0 unspecified atom stereocenters. The molecular weight excluding hydrogens is 510 g/mol. The van der Waals surface area contributed by atoms with Crippen LogP contribution in [0, 0.1) is 6.92 Å². The second-order valence-corrected chi connectivity index (χ2v) is 8.86. The SMILES string of the molecule is Cc1ccc(Oc2cc3cc(-c4ccc(CCC(=O)O)cn4)[nH]c3nc2CN2CCCC2=O)cn1.O=S=O. The molecule has 0 aliphatic carbocycles. The Hall–Kier alpha value is -4.45. The summed E-state index contributed by atoms with van der Waals surface area (Å²) in [7, 11) is 0. The predicted molar refractivity (Wildman–Crippen MR) is 138 cm³/mol. The van der Waals surface area contributed by atoms with Crippen molar-refractivity contribution in [3.63, 3.8) is 0 Å². The predicted octanol–water partition coefficient (Wildman–Crippen LogP) is 3.59. The molecule has 0 bridgehead atoms. The molecule has 5 heterocycles. The van der Waals surface area contributed by atoms with Crippen LogP contribution in [0.25, 0.3) is 22.4 Å². The van der Waals surface area contributed by atoms with Gasteiger partial charge < -0.3 is 19.7 Å². The summed E-state index contributed by atoms with van der Waals surface area (Å²) in [5.41, 5.74) is 4.61. The van der Waals surface area contributed by atoms with Gasteiger partial charge in [-0.05, 0) is 55.7 Å². The van der Waals surface area contributed by atoms with Crippen LogP contribution < -0.4 is 4.74 Å². The highest BCUT2D eigenvalue weighted by Gasteiger charge is 2.23. The minimum absolute atomic E-state index is 0.0684. The molecule has 1 aliphatic rings. The van der Waals surface area contributed by atoms with E-state index in [1.54, 1.807) is 17.3 Å². The van der Waals surface area contributed by atoms with Gasteiger partial charge in [-0.15, -0.1) is 0 Å². The number of pyridine rings is 3. The van der Waals surface area contributed by atoms with Gasteiger partial charge in [0.2, 0.25) is 5.91 Å². The van der Waals surface area contributed by atoms with E-state index >= 15 is 0 Å². The molecule has 5 rings (SSSR count). The van der Waals surface area contributed by atoms with Gasteiger partial charge in [-0.2, -0.15) is 8.42 Å². The maximum absolute atomic E-state index is 12.2. The van der Waals surface area contributed by atoms with Gasteiger partial charge in [0.25, 0.3) is 0 Å². The van der Waals surface area contributed by atoms with Crippen LogP contribution in [0.3, 0.4) is 0 Å². The Morgan fingerprint density at radius 1 is 1.16 bits per heavy atom. The van der Waals surface area contributed by atoms with Gasteiger partial charge >= 0.3 is 17.5 Å². The second kappa shape index (κ2) is 12.2. The van der Waals surface area contributed by atoms with E-state index in [2.05, 4.69) is 15.0 Å². The van der Waals surface area contributed by atoms with Crippen LogP contribution in [0.15, 0.2) is 48.8 Å². The van der Waals surface area contributed by atoms with Crippen molar-refractivity contribution in [2.75, 3.05) is 6.54 Å². The molecule has 11 nitrogen and oxygen atoms in total. The van der Waals surface area contributed by atoms with Gasteiger partial charge in [0.1, 0.15) is 17.1 Å². The number of nitrogens with one attached hydrogen (secondary N) is 1. The van der Waals surface area contributed by atoms with E-state index in [1.807, 2.05) is 43.3 Å². The Labute approximate surface area is 221 Å². The Morgan fingerprint density at radius 3 is 2.61 bits per heavy atom. The summed E-state index contributed by atoms with van der Waals surface area (Å²) in [5, 5.41) is 9.72. The molecule has 0 saturated carbocycles. The third-order valence-corrected chi connectivity index (χ3v) is 6.00. The van der Waals surface area contributed by atoms with E-state index in [1.165, 1.54) is 0 Å². The average molecular weight is 536 g/mol. The quantitative estimate of drug-likeness (QED) is 0.344. The molecule has 1 saturated heterocycles. The first kappa shape index (κ1) is 26.6. The molecule has 1 amide bonds. The number of fused-ring (bicyclic) bond motifs is 1. The lowest BCUT2D eigenvalue weighted by atomic mass is 10.1. The van der Waals surface area contributed by atoms with Crippen molar-refractivity contribution >= 4 is 34.5 Å². The number of hydrogen-bond acceptors (Lipinski definition) is 8. The van der Waals surface area contributed by atoms with Gasteiger partial charge in [0, 0.05) is 36.7 Å². The van der Waals surface area contributed by atoms with E-state index < -0.39 is 17.5 Å². The highest BCUT2D eigenvalue weighted by molar-refractivity contribution is 7.51. The monoisotopic (exact) mass is 535 g/mol. The van der Waals surface area contributed by atoms with Crippen LogP contribution >= 0.6 is 0 Å².